The largest absolute Gasteiger partial charge is 0.494 e. The SMILES string of the molecule is COc1cnc(N2Cc3nnc(C(C)C)n3[C@@H](C)C2)nc1. The van der Waals surface area contributed by atoms with E-state index >= 15 is 0 Å². The van der Waals surface area contributed by atoms with Crippen molar-refractivity contribution in [2.45, 2.75) is 39.3 Å². The van der Waals surface area contributed by atoms with E-state index in [1.807, 2.05) is 0 Å². The average Bonchev–Trinajstić information content (AvgIpc) is 2.92. The van der Waals surface area contributed by atoms with E-state index in [1.165, 1.54) is 0 Å². The molecule has 7 nitrogen and oxygen atoms in total. The molecule has 0 amide bonds. The Morgan fingerprint density at radius 2 is 1.95 bits per heavy atom. The summed E-state index contributed by atoms with van der Waals surface area (Å²) in [6.07, 6.45) is 3.37. The number of hydrogen-bond donors (Lipinski definition) is 0. The fourth-order valence-corrected chi connectivity index (χ4v) is 2.69. The van der Waals surface area contributed by atoms with Crippen LogP contribution in [0.4, 0.5) is 5.95 Å². The van der Waals surface area contributed by atoms with Crippen LogP contribution in [0.15, 0.2) is 12.4 Å². The third-order valence-electron chi connectivity index (χ3n) is 3.70. The number of aromatic nitrogens is 5. The van der Waals surface area contributed by atoms with Gasteiger partial charge in [0.25, 0.3) is 0 Å². The number of methoxy groups -OCH3 is 1. The summed E-state index contributed by atoms with van der Waals surface area (Å²) < 4.78 is 7.33. The molecule has 1 atom stereocenters. The minimum absolute atomic E-state index is 0.298. The zero-order valence-electron chi connectivity index (χ0n) is 12.8. The lowest BCUT2D eigenvalue weighted by molar-refractivity contribution is 0.409. The summed E-state index contributed by atoms with van der Waals surface area (Å²) in [5.41, 5.74) is 0. The number of ether oxygens (including phenoxy) is 1. The van der Waals surface area contributed by atoms with Gasteiger partial charge >= 0.3 is 0 Å². The first kappa shape index (κ1) is 13.8. The molecule has 3 rings (SSSR count). The van der Waals surface area contributed by atoms with E-state index in [0.717, 1.165) is 18.2 Å². The zero-order valence-corrected chi connectivity index (χ0v) is 12.8. The summed E-state index contributed by atoms with van der Waals surface area (Å²) in [6, 6.07) is 0.298. The van der Waals surface area contributed by atoms with E-state index in [9.17, 15) is 0 Å². The summed E-state index contributed by atoms with van der Waals surface area (Å²) >= 11 is 0. The van der Waals surface area contributed by atoms with Crippen molar-refractivity contribution in [2.75, 3.05) is 18.6 Å². The Morgan fingerprint density at radius 3 is 2.57 bits per heavy atom. The van der Waals surface area contributed by atoms with Crippen LogP contribution in [0.1, 0.15) is 44.4 Å². The number of rotatable bonds is 3. The molecule has 0 radical (unpaired) electrons. The minimum Gasteiger partial charge on any atom is -0.494 e. The molecule has 0 aromatic carbocycles. The summed E-state index contributed by atoms with van der Waals surface area (Å²) in [4.78, 5) is 10.8. The lowest BCUT2D eigenvalue weighted by Gasteiger charge is -2.32. The summed E-state index contributed by atoms with van der Waals surface area (Å²) in [7, 11) is 1.61. The van der Waals surface area contributed by atoms with Crippen molar-refractivity contribution >= 4 is 5.95 Å². The average molecular weight is 288 g/mol. The van der Waals surface area contributed by atoms with E-state index in [-0.39, 0.29) is 0 Å². The Bertz CT molecular complexity index is 621. The quantitative estimate of drug-likeness (QED) is 0.857. The fourth-order valence-electron chi connectivity index (χ4n) is 2.69. The monoisotopic (exact) mass is 288 g/mol. The molecule has 0 bridgehead atoms. The highest BCUT2D eigenvalue weighted by molar-refractivity contribution is 5.33. The predicted molar refractivity (Wildman–Crippen MR) is 78.5 cm³/mol. The molecule has 112 valence electrons. The molecular weight excluding hydrogens is 268 g/mol. The molecule has 3 heterocycles. The molecule has 1 aliphatic rings. The highest BCUT2D eigenvalue weighted by Crippen LogP contribution is 2.27. The minimum atomic E-state index is 0.298. The van der Waals surface area contributed by atoms with Crippen LogP contribution in [0.5, 0.6) is 5.75 Å². The number of fused-ring (bicyclic) bond motifs is 1. The molecule has 0 saturated heterocycles. The molecular formula is C14H20N6O. The van der Waals surface area contributed by atoms with E-state index in [4.69, 9.17) is 4.74 Å². The van der Waals surface area contributed by atoms with Gasteiger partial charge in [0.05, 0.1) is 32.1 Å². The van der Waals surface area contributed by atoms with Gasteiger partial charge in [-0.05, 0) is 6.92 Å². The van der Waals surface area contributed by atoms with Gasteiger partial charge in [-0.25, -0.2) is 9.97 Å². The fraction of sp³-hybridized carbons (Fsp3) is 0.571. The van der Waals surface area contributed by atoms with E-state index < -0.39 is 0 Å². The van der Waals surface area contributed by atoms with Gasteiger partial charge in [-0.3, -0.25) is 0 Å². The standard InChI is InChI=1S/C14H20N6O/c1-9(2)13-18-17-12-8-19(7-10(3)20(12)13)14-15-5-11(21-4)6-16-14/h5-6,9-10H,7-8H2,1-4H3/t10-/m0/s1. The number of nitrogens with zero attached hydrogens (tertiary/aromatic N) is 6. The van der Waals surface area contributed by atoms with Crippen LogP contribution in [0, 0.1) is 0 Å². The third kappa shape index (κ3) is 2.43. The van der Waals surface area contributed by atoms with Crippen LogP contribution < -0.4 is 9.64 Å². The molecule has 0 fully saturated rings. The van der Waals surface area contributed by atoms with E-state index in [0.29, 0.717) is 30.2 Å². The smallest absolute Gasteiger partial charge is 0.225 e. The van der Waals surface area contributed by atoms with Crippen molar-refractivity contribution in [1.82, 2.24) is 24.7 Å². The summed E-state index contributed by atoms with van der Waals surface area (Å²) in [6.45, 7) is 7.98. The van der Waals surface area contributed by atoms with Crippen molar-refractivity contribution in [3.05, 3.63) is 24.0 Å². The highest BCUT2D eigenvalue weighted by Gasteiger charge is 2.28. The van der Waals surface area contributed by atoms with Crippen molar-refractivity contribution < 1.29 is 4.74 Å². The number of hydrogen-bond acceptors (Lipinski definition) is 6. The first-order chi connectivity index (χ1) is 10.1. The molecule has 2 aromatic heterocycles. The van der Waals surface area contributed by atoms with Gasteiger partial charge in [-0.2, -0.15) is 0 Å². The molecule has 0 aliphatic carbocycles. The van der Waals surface area contributed by atoms with Gasteiger partial charge in [0.15, 0.2) is 11.6 Å². The molecule has 1 aliphatic heterocycles. The molecule has 2 aromatic rings. The lowest BCUT2D eigenvalue weighted by atomic mass is 10.1. The van der Waals surface area contributed by atoms with Crippen molar-refractivity contribution in [1.29, 1.82) is 0 Å². The molecule has 7 heteroatoms. The van der Waals surface area contributed by atoms with Gasteiger partial charge in [0, 0.05) is 12.5 Å². The maximum Gasteiger partial charge on any atom is 0.225 e. The van der Waals surface area contributed by atoms with Crippen LogP contribution in [0.2, 0.25) is 0 Å². The van der Waals surface area contributed by atoms with Crippen LogP contribution in [-0.4, -0.2) is 38.4 Å². The Morgan fingerprint density at radius 1 is 1.24 bits per heavy atom. The molecule has 0 N–H and O–H groups in total. The second kappa shape index (κ2) is 5.31. The maximum atomic E-state index is 5.09. The van der Waals surface area contributed by atoms with Crippen LogP contribution in [0.3, 0.4) is 0 Å². The van der Waals surface area contributed by atoms with Gasteiger partial charge in [0.2, 0.25) is 5.95 Å². The lowest BCUT2D eigenvalue weighted by Crippen LogP contribution is -2.38. The predicted octanol–water partition coefficient (Wildman–Crippen LogP) is 1.78. The van der Waals surface area contributed by atoms with E-state index in [2.05, 4.69) is 50.4 Å². The Labute approximate surface area is 124 Å². The highest BCUT2D eigenvalue weighted by atomic mass is 16.5. The molecule has 0 saturated carbocycles. The second-order valence-electron chi connectivity index (χ2n) is 5.65. The first-order valence-electron chi connectivity index (χ1n) is 7.14. The van der Waals surface area contributed by atoms with Crippen LogP contribution in [-0.2, 0) is 6.54 Å². The summed E-state index contributed by atoms with van der Waals surface area (Å²) in [5, 5.41) is 8.66. The van der Waals surface area contributed by atoms with Gasteiger partial charge in [-0.1, -0.05) is 13.8 Å². The van der Waals surface area contributed by atoms with Gasteiger partial charge in [0.1, 0.15) is 5.82 Å². The Hall–Kier alpha value is -2.18. The summed E-state index contributed by atoms with van der Waals surface area (Å²) in [5.74, 6) is 3.75. The number of anilines is 1. The van der Waals surface area contributed by atoms with Crippen molar-refractivity contribution in [3.8, 4) is 5.75 Å². The zero-order chi connectivity index (χ0) is 15.0. The Kier molecular flexibility index (Phi) is 3.48. The van der Waals surface area contributed by atoms with Crippen LogP contribution in [0.25, 0.3) is 0 Å². The molecule has 21 heavy (non-hydrogen) atoms. The van der Waals surface area contributed by atoms with Crippen molar-refractivity contribution in [2.24, 2.45) is 0 Å². The molecule has 0 spiro atoms. The molecule has 0 unspecified atom stereocenters. The van der Waals surface area contributed by atoms with Gasteiger partial charge in [-0.15, -0.1) is 10.2 Å². The van der Waals surface area contributed by atoms with Crippen molar-refractivity contribution in [3.63, 3.8) is 0 Å². The van der Waals surface area contributed by atoms with Crippen LogP contribution >= 0.6 is 0 Å². The van der Waals surface area contributed by atoms with Gasteiger partial charge < -0.3 is 14.2 Å². The normalized spacial score (nSPS) is 18.0. The Balaban J connectivity index is 1.87. The third-order valence-corrected chi connectivity index (χ3v) is 3.70. The maximum absolute atomic E-state index is 5.09. The first-order valence-corrected chi connectivity index (χ1v) is 7.14. The topological polar surface area (TPSA) is 69.0 Å². The second-order valence-corrected chi connectivity index (χ2v) is 5.65. The van der Waals surface area contributed by atoms with E-state index in [1.54, 1.807) is 19.5 Å².